The van der Waals surface area contributed by atoms with E-state index in [1.54, 1.807) is 4.68 Å². The largest absolute Gasteiger partial charge is 0.378 e. The van der Waals surface area contributed by atoms with Crippen LogP contribution >= 0.6 is 0 Å². The zero-order chi connectivity index (χ0) is 10.7. The summed E-state index contributed by atoms with van der Waals surface area (Å²) < 4.78 is 1.78. The zero-order valence-electron chi connectivity index (χ0n) is 8.94. The van der Waals surface area contributed by atoms with Crippen LogP contribution in [-0.4, -0.2) is 14.8 Å². The van der Waals surface area contributed by atoms with E-state index < -0.39 is 0 Å². The van der Waals surface area contributed by atoms with Crippen LogP contribution in [0.5, 0.6) is 0 Å². The van der Waals surface area contributed by atoms with Crippen molar-refractivity contribution in [2.45, 2.75) is 13.5 Å². The highest BCUT2D eigenvalue weighted by molar-refractivity contribution is 5.39. The molecule has 0 unspecified atom stereocenters. The van der Waals surface area contributed by atoms with Crippen LogP contribution in [0.1, 0.15) is 11.3 Å². The van der Waals surface area contributed by atoms with Crippen molar-refractivity contribution in [2.75, 3.05) is 5.32 Å². The van der Waals surface area contributed by atoms with Crippen molar-refractivity contribution < 1.29 is 0 Å². The summed E-state index contributed by atoms with van der Waals surface area (Å²) in [5.74, 6) is 0. The Bertz CT molecular complexity index is 447. The molecule has 2 heterocycles. The van der Waals surface area contributed by atoms with Crippen LogP contribution in [0.15, 0.2) is 30.7 Å². The van der Waals surface area contributed by atoms with Crippen LogP contribution in [0, 0.1) is 6.92 Å². The summed E-state index contributed by atoms with van der Waals surface area (Å²) in [6.45, 7) is 2.80. The predicted molar refractivity (Wildman–Crippen MR) is 59.5 cm³/mol. The van der Waals surface area contributed by atoms with Crippen LogP contribution in [0.3, 0.4) is 0 Å². The van der Waals surface area contributed by atoms with E-state index in [4.69, 9.17) is 0 Å². The topological polar surface area (TPSA) is 42.7 Å². The van der Waals surface area contributed by atoms with Gasteiger partial charge in [0.2, 0.25) is 0 Å². The van der Waals surface area contributed by atoms with Gasteiger partial charge in [0.05, 0.1) is 11.9 Å². The monoisotopic (exact) mass is 202 g/mol. The van der Waals surface area contributed by atoms with Crippen molar-refractivity contribution in [2.24, 2.45) is 7.05 Å². The molecule has 0 spiro atoms. The maximum absolute atomic E-state index is 4.24. The second-order valence-corrected chi connectivity index (χ2v) is 3.50. The SMILES string of the molecule is Cc1ncccc1CNc1cnn(C)c1. The summed E-state index contributed by atoms with van der Waals surface area (Å²) in [5.41, 5.74) is 3.30. The molecule has 0 saturated heterocycles. The lowest BCUT2D eigenvalue weighted by atomic mass is 10.2. The first-order chi connectivity index (χ1) is 7.25. The molecule has 0 saturated carbocycles. The molecule has 0 amide bonds. The Morgan fingerprint density at radius 2 is 2.33 bits per heavy atom. The van der Waals surface area contributed by atoms with Gasteiger partial charge in [0.1, 0.15) is 0 Å². The fourth-order valence-corrected chi connectivity index (χ4v) is 1.41. The molecule has 78 valence electrons. The lowest BCUT2D eigenvalue weighted by molar-refractivity contribution is 0.768. The molecule has 2 aromatic heterocycles. The van der Waals surface area contributed by atoms with Gasteiger partial charge >= 0.3 is 0 Å². The molecule has 2 rings (SSSR count). The Morgan fingerprint density at radius 1 is 1.47 bits per heavy atom. The minimum atomic E-state index is 0.783. The van der Waals surface area contributed by atoms with Gasteiger partial charge < -0.3 is 5.32 Å². The molecular formula is C11H14N4. The minimum absolute atomic E-state index is 0.783. The number of aryl methyl sites for hydroxylation is 2. The van der Waals surface area contributed by atoms with Gasteiger partial charge in [-0.25, -0.2) is 0 Å². The summed E-state index contributed by atoms with van der Waals surface area (Å²) in [4.78, 5) is 4.24. The first kappa shape index (κ1) is 9.71. The van der Waals surface area contributed by atoms with E-state index >= 15 is 0 Å². The molecule has 0 aliphatic rings. The maximum Gasteiger partial charge on any atom is 0.0729 e. The molecule has 4 nitrogen and oxygen atoms in total. The second-order valence-electron chi connectivity index (χ2n) is 3.50. The Balaban J connectivity index is 2.02. The summed E-state index contributed by atoms with van der Waals surface area (Å²) >= 11 is 0. The number of aromatic nitrogens is 3. The lowest BCUT2D eigenvalue weighted by Crippen LogP contribution is -2.01. The smallest absolute Gasteiger partial charge is 0.0729 e. The van der Waals surface area contributed by atoms with E-state index in [1.165, 1.54) is 5.56 Å². The third-order valence-electron chi connectivity index (χ3n) is 2.30. The standard InChI is InChI=1S/C11H14N4/c1-9-10(4-3-5-12-9)6-13-11-7-14-15(2)8-11/h3-5,7-8,13H,6H2,1-2H3. The van der Waals surface area contributed by atoms with E-state index in [1.807, 2.05) is 38.6 Å². The van der Waals surface area contributed by atoms with Gasteiger partial charge in [-0.15, -0.1) is 0 Å². The summed E-state index contributed by atoms with van der Waals surface area (Å²) in [6.07, 6.45) is 5.57. The highest BCUT2D eigenvalue weighted by Gasteiger charge is 1.99. The van der Waals surface area contributed by atoms with E-state index in [0.29, 0.717) is 0 Å². The van der Waals surface area contributed by atoms with Gasteiger partial charge in [-0.1, -0.05) is 6.07 Å². The van der Waals surface area contributed by atoms with E-state index in [0.717, 1.165) is 17.9 Å². The molecule has 0 fully saturated rings. The zero-order valence-corrected chi connectivity index (χ0v) is 8.94. The van der Waals surface area contributed by atoms with Crippen molar-refractivity contribution in [1.29, 1.82) is 0 Å². The average Bonchev–Trinajstić information content (AvgIpc) is 2.63. The third kappa shape index (κ3) is 2.34. The summed E-state index contributed by atoms with van der Waals surface area (Å²) in [7, 11) is 1.90. The van der Waals surface area contributed by atoms with E-state index in [-0.39, 0.29) is 0 Å². The van der Waals surface area contributed by atoms with Gasteiger partial charge in [-0.2, -0.15) is 5.10 Å². The van der Waals surface area contributed by atoms with E-state index in [9.17, 15) is 0 Å². The molecule has 0 bridgehead atoms. The molecule has 0 radical (unpaired) electrons. The molecule has 0 aliphatic carbocycles. The van der Waals surface area contributed by atoms with E-state index in [2.05, 4.69) is 21.5 Å². The Labute approximate surface area is 89.0 Å². The van der Waals surface area contributed by atoms with Crippen molar-refractivity contribution in [3.05, 3.63) is 42.0 Å². The fraction of sp³-hybridized carbons (Fsp3) is 0.273. The van der Waals surface area contributed by atoms with Gasteiger partial charge in [-0.05, 0) is 18.6 Å². The average molecular weight is 202 g/mol. The molecule has 4 heteroatoms. The quantitative estimate of drug-likeness (QED) is 0.824. The second kappa shape index (κ2) is 4.13. The van der Waals surface area contributed by atoms with Crippen LogP contribution in [0.2, 0.25) is 0 Å². The predicted octanol–water partition coefficient (Wildman–Crippen LogP) is 1.74. The highest BCUT2D eigenvalue weighted by atomic mass is 15.3. The molecular weight excluding hydrogens is 188 g/mol. The summed E-state index contributed by atoms with van der Waals surface area (Å²) in [5, 5.41) is 7.39. The number of rotatable bonds is 3. The van der Waals surface area contributed by atoms with Crippen molar-refractivity contribution in [3.63, 3.8) is 0 Å². The third-order valence-corrected chi connectivity index (χ3v) is 2.30. The first-order valence-corrected chi connectivity index (χ1v) is 4.89. The minimum Gasteiger partial charge on any atom is -0.378 e. The fourth-order valence-electron chi connectivity index (χ4n) is 1.41. The van der Waals surface area contributed by atoms with Crippen LogP contribution < -0.4 is 5.32 Å². The molecule has 0 aromatic carbocycles. The number of hydrogen-bond acceptors (Lipinski definition) is 3. The van der Waals surface area contributed by atoms with Gasteiger partial charge in [0, 0.05) is 31.7 Å². The first-order valence-electron chi connectivity index (χ1n) is 4.89. The Hall–Kier alpha value is -1.84. The van der Waals surface area contributed by atoms with Gasteiger partial charge in [-0.3, -0.25) is 9.67 Å². The Kier molecular flexibility index (Phi) is 2.67. The number of hydrogen-bond donors (Lipinski definition) is 1. The van der Waals surface area contributed by atoms with Gasteiger partial charge in [0.15, 0.2) is 0 Å². The summed E-state index contributed by atoms with van der Waals surface area (Å²) in [6, 6.07) is 4.03. The number of pyridine rings is 1. The maximum atomic E-state index is 4.24. The van der Waals surface area contributed by atoms with Crippen molar-refractivity contribution in [1.82, 2.24) is 14.8 Å². The normalized spacial score (nSPS) is 10.3. The molecule has 0 aliphatic heterocycles. The highest BCUT2D eigenvalue weighted by Crippen LogP contribution is 2.08. The number of nitrogens with one attached hydrogen (secondary N) is 1. The van der Waals surface area contributed by atoms with Crippen molar-refractivity contribution >= 4 is 5.69 Å². The number of nitrogens with zero attached hydrogens (tertiary/aromatic N) is 3. The van der Waals surface area contributed by atoms with Crippen LogP contribution in [0.25, 0.3) is 0 Å². The lowest BCUT2D eigenvalue weighted by Gasteiger charge is -2.05. The molecule has 1 N–H and O–H groups in total. The van der Waals surface area contributed by atoms with Crippen molar-refractivity contribution in [3.8, 4) is 0 Å². The number of anilines is 1. The molecule has 2 aromatic rings. The molecule has 0 atom stereocenters. The van der Waals surface area contributed by atoms with Gasteiger partial charge in [0.25, 0.3) is 0 Å². The van der Waals surface area contributed by atoms with Crippen LogP contribution in [0.4, 0.5) is 5.69 Å². The van der Waals surface area contributed by atoms with Crippen LogP contribution in [-0.2, 0) is 13.6 Å². The Morgan fingerprint density at radius 3 is 3.00 bits per heavy atom. The molecule has 15 heavy (non-hydrogen) atoms.